The summed E-state index contributed by atoms with van der Waals surface area (Å²) in [7, 11) is 0. The molecule has 3 amide bonds. The number of carbonyl (C=O) groups is 3. The third kappa shape index (κ3) is 4.21. The average molecular weight is 447 g/mol. The Labute approximate surface area is 190 Å². The van der Waals surface area contributed by atoms with Crippen molar-refractivity contribution in [1.29, 1.82) is 0 Å². The van der Waals surface area contributed by atoms with E-state index in [1.54, 1.807) is 47.4 Å². The lowest BCUT2D eigenvalue weighted by Crippen LogP contribution is -2.42. The average Bonchev–Trinajstić information content (AvgIpc) is 3.27. The van der Waals surface area contributed by atoms with Crippen LogP contribution < -0.4 is 21.3 Å². The molecule has 2 aromatic carbocycles. The number of aromatic nitrogens is 2. The van der Waals surface area contributed by atoms with Crippen molar-refractivity contribution in [1.82, 2.24) is 20.6 Å². The van der Waals surface area contributed by atoms with E-state index in [4.69, 9.17) is 0 Å². The van der Waals surface area contributed by atoms with Crippen LogP contribution in [-0.4, -0.2) is 34.0 Å². The van der Waals surface area contributed by atoms with Crippen LogP contribution in [0.2, 0.25) is 0 Å². The molecule has 0 aliphatic carbocycles. The van der Waals surface area contributed by atoms with Crippen molar-refractivity contribution < 1.29 is 14.4 Å². The standard InChI is InChI=1S/C24H25N5O4/c1-3-12-29-24(33)18-8-6-5-7-17(18)21(27-29)23(32)26-25-22(31)16-9-10-19-15(14-16)11-13-28(19)20(30)4-2/h5-10,14H,3-4,11-13H2,1-2H3,(H,25,31)(H,26,32). The van der Waals surface area contributed by atoms with Crippen molar-refractivity contribution in [2.75, 3.05) is 11.4 Å². The fourth-order valence-corrected chi connectivity index (χ4v) is 4.00. The first-order valence-electron chi connectivity index (χ1n) is 11.0. The Bertz CT molecular complexity index is 1310. The van der Waals surface area contributed by atoms with Gasteiger partial charge in [0, 0.05) is 36.1 Å². The molecule has 0 saturated heterocycles. The van der Waals surface area contributed by atoms with Crippen molar-refractivity contribution in [3.05, 3.63) is 69.6 Å². The van der Waals surface area contributed by atoms with Gasteiger partial charge < -0.3 is 4.90 Å². The second kappa shape index (κ2) is 9.23. The van der Waals surface area contributed by atoms with Crippen LogP contribution in [0.15, 0.2) is 47.3 Å². The Kier molecular flexibility index (Phi) is 6.21. The predicted molar refractivity (Wildman–Crippen MR) is 124 cm³/mol. The molecule has 0 bridgehead atoms. The molecule has 0 atom stereocenters. The molecule has 0 spiro atoms. The van der Waals surface area contributed by atoms with Gasteiger partial charge >= 0.3 is 0 Å². The maximum Gasteiger partial charge on any atom is 0.290 e. The summed E-state index contributed by atoms with van der Waals surface area (Å²) in [4.78, 5) is 51.9. The number of nitrogens with one attached hydrogen (secondary N) is 2. The minimum absolute atomic E-state index is 0.0438. The number of nitrogens with zero attached hydrogens (tertiary/aromatic N) is 3. The third-order valence-corrected chi connectivity index (χ3v) is 5.65. The second-order valence-electron chi connectivity index (χ2n) is 7.82. The van der Waals surface area contributed by atoms with E-state index in [1.807, 2.05) is 13.8 Å². The topological polar surface area (TPSA) is 113 Å². The zero-order chi connectivity index (χ0) is 23.5. The molecule has 0 radical (unpaired) electrons. The first-order valence-corrected chi connectivity index (χ1v) is 11.0. The van der Waals surface area contributed by atoms with E-state index in [1.165, 1.54) is 4.68 Å². The van der Waals surface area contributed by atoms with Crippen LogP contribution in [0.5, 0.6) is 0 Å². The van der Waals surface area contributed by atoms with Gasteiger partial charge in [-0.25, -0.2) is 4.68 Å². The van der Waals surface area contributed by atoms with Gasteiger partial charge in [0.1, 0.15) is 0 Å². The summed E-state index contributed by atoms with van der Waals surface area (Å²) in [5, 5.41) is 5.03. The van der Waals surface area contributed by atoms with Gasteiger partial charge in [-0.15, -0.1) is 0 Å². The summed E-state index contributed by atoms with van der Waals surface area (Å²) in [6, 6.07) is 11.9. The maximum absolute atomic E-state index is 12.9. The summed E-state index contributed by atoms with van der Waals surface area (Å²) >= 11 is 0. The van der Waals surface area contributed by atoms with Crippen molar-refractivity contribution >= 4 is 34.2 Å². The lowest BCUT2D eigenvalue weighted by atomic mass is 10.1. The molecular formula is C24H25N5O4. The zero-order valence-corrected chi connectivity index (χ0v) is 18.6. The normalized spacial score (nSPS) is 12.5. The number of hydrogen-bond acceptors (Lipinski definition) is 5. The van der Waals surface area contributed by atoms with Crippen LogP contribution in [-0.2, 0) is 17.8 Å². The van der Waals surface area contributed by atoms with Crippen LogP contribution in [0.4, 0.5) is 5.69 Å². The minimum atomic E-state index is -0.620. The van der Waals surface area contributed by atoms with E-state index < -0.39 is 11.8 Å². The van der Waals surface area contributed by atoms with E-state index in [0.29, 0.717) is 48.7 Å². The van der Waals surface area contributed by atoms with Crippen molar-refractivity contribution in [3.8, 4) is 0 Å². The maximum atomic E-state index is 12.9. The van der Waals surface area contributed by atoms with Crippen molar-refractivity contribution in [2.45, 2.75) is 39.7 Å². The van der Waals surface area contributed by atoms with E-state index in [2.05, 4.69) is 16.0 Å². The number of carbonyl (C=O) groups excluding carboxylic acids is 3. The SMILES string of the molecule is CCCn1nc(C(=O)NNC(=O)c2ccc3c(c2)CCN3C(=O)CC)c2ccccc2c1=O. The molecule has 1 aliphatic heterocycles. The molecule has 9 nitrogen and oxygen atoms in total. The number of hydrogen-bond donors (Lipinski definition) is 2. The Hall–Kier alpha value is -4.01. The second-order valence-corrected chi connectivity index (χ2v) is 7.82. The van der Waals surface area contributed by atoms with Crippen LogP contribution in [0, 0.1) is 0 Å². The van der Waals surface area contributed by atoms with Gasteiger partial charge in [0.2, 0.25) is 5.91 Å². The molecule has 0 unspecified atom stereocenters. The van der Waals surface area contributed by atoms with Gasteiger partial charge in [0.05, 0.1) is 5.39 Å². The fourth-order valence-electron chi connectivity index (χ4n) is 4.00. The van der Waals surface area contributed by atoms with Gasteiger partial charge in [-0.3, -0.25) is 30.0 Å². The Morgan fingerprint density at radius 1 is 1.00 bits per heavy atom. The molecule has 9 heteroatoms. The summed E-state index contributed by atoms with van der Waals surface area (Å²) in [6.45, 7) is 4.70. The number of benzene rings is 2. The molecule has 0 saturated carbocycles. The van der Waals surface area contributed by atoms with Gasteiger partial charge in [-0.05, 0) is 42.7 Å². The van der Waals surface area contributed by atoms with Crippen molar-refractivity contribution in [2.24, 2.45) is 0 Å². The highest BCUT2D eigenvalue weighted by Gasteiger charge is 2.24. The predicted octanol–water partition coefficient (Wildman–Crippen LogP) is 2.18. The highest BCUT2D eigenvalue weighted by atomic mass is 16.2. The molecular weight excluding hydrogens is 422 g/mol. The third-order valence-electron chi connectivity index (χ3n) is 5.65. The fraction of sp³-hybridized carbons (Fsp3) is 0.292. The van der Waals surface area contributed by atoms with E-state index in [9.17, 15) is 19.2 Å². The number of amides is 3. The number of aryl methyl sites for hydroxylation is 1. The highest BCUT2D eigenvalue weighted by Crippen LogP contribution is 2.29. The van der Waals surface area contributed by atoms with E-state index in [0.717, 1.165) is 11.3 Å². The molecule has 4 rings (SSSR count). The highest BCUT2D eigenvalue weighted by molar-refractivity contribution is 6.06. The van der Waals surface area contributed by atoms with E-state index in [-0.39, 0.29) is 17.2 Å². The number of anilines is 1. The lowest BCUT2D eigenvalue weighted by molar-refractivity contribution is -0.118. The first kappa shape index (κ1) is 22.2. The van der Waals surface area contributed by atoms with Crippen LogP contribution >= 0.6 is 0 Å². The molecule has 170 valence electrons. The molecule has 1 aromatic heterocycles. The molecule has 2 N–H and O–H groups in total. The van der Waals surface area contributed by atoms with E-state index >= 15 is 0 Å². The monoisotopic (exact) mass is 447 g/mol. The Balaban J connectivity index is 1.52. The number of hydrazine groups is 1. The minimum Gasteiger partial charge on any atom is -0.312 e. The zero-order valence-electron chi connectivity index (χ0n) is 18.6. The van der Waals surface area contributed by atoms with Gasteiger partial charge in [0.15, 0.2) is 5.69 Å². The molecule has 1 aliphatic rings. The molecule has 3 aromatic rings. The summed E-state index contributed by atoms with van der Waals surface area (Å²) < 4.78 is 1.27. The van der Waals surface area contributed by atoms with Gasteiger partial charge in [0.25, 0.3) is 17.4 Å². The number of rotatable bonds is 5. The molecule has 33 heavy (non-hydrogen) atoms. The van der Waals surface area contributed by atoms with Crippen LogP contribution in [0.25, 0.3) is 10.8 Å². The Morgan fingerprint density at radius 3 is 2.45 bits per heavy atom. The van der Waals surface area contributed by atoms with Gasteiger partial charge in [-0.2, -0.15) is 5.10 Å². The number of fused-ring (bicyclic) bond motifs is 2. The molecule has 0 fully saturated rings. The van der Waals surface area contributed by atoms with Crippen molar-refractivity contribution in [3.63, 3.8) is 0 Å². The van der Waals surface area contributed by atoms with Gasteiger partial charge in [-0.1, -0.05) is 32.0 Å². The largest absolute Gasteiger partial charge is 0.312 e. The summed E-state index contributed by atoms with van der Waals surface area (Å²) in [5.41, 5.74) is 6.71. The lowest BCUT2D eigenvalue weighted by Gasteiger charge is -2.16. The molecule has 2 heterocycles. The summed E-state index contributed by atoms with van der Waals surface area (Å²) in [5.74, 6) is -1.06. The van der Waals surface area contributed by atoms with Crippen LogP contribution in [0.3, 0.4) is 0 Å². The first-order chi connectivity index (χ1) is 15.9. The summed E-state index contributed by atoms with van der Waals surface area (Å²) in [6.07, 6.45) is 1.77. The smallest absolute Gasteiger partial charge is 0.290 e. The quantitative estimate of drug-likeness (QED) is 0.582. The Morgan fingerprint density at radius 2 is 1.73 bits per heavy atom. The van der Waals surface area contributed by atoms with Crippen LogP contribution in [0.1, 0.15) is 53.1 Å².